The van der Waals surface area contributed by atoms with Crippen molar-refractivity contribution in [2.45, 2.75) is 45.2 Å². The van der Waals surface area contributed by atoms with E-state index < -0.39 is 28.6 Å². The van der Waals surface area contributed by atoms with Crippen LogP contribution in [0.25, 0.3) is 11.4 Å². The quantitative estimate of drug-likeness (QED) is 0.422. The van der Waals surface area contributed by atoms with Gasteiger partial charge in [-0.2, -0.15) is 0 Å². The lowest BCUT2D eigenvalue weighted by Crippen LogP contribution is -2.41. The number of nitro benzene ring substituents is 1. The van der Waals surface area contributed by atoms with Crippen molar-refractivity contribution in [3.8, 4) is 11.4 Å². The summed E-state index contributed by atoms with van der Waals surface area (Å²) < 4.78 is 16.6. The second-order valence-corrected chi connectivity index (χ2v) is 8.09. The van der Waals surface area contributed by atoms with Crippen LogP contribution in [0.3, 0.4) is 0 Å². The fourth-order valence-electron chi connectivity index (χ4n) is 3.82. The summed E-state index contributed by atoms with van der Waals surface area (Å²) in [6, 6.07) is 8.42. The van der Waals surface area contributed by atoms with Gasteiger partial charge in [-0.25, -0.2) is 4.39 Å². The molecule has 0 saturated heterocycles. The summed E-state index contributed by atoms with van der Waals surface area (Å²) in [5, 5.41) is 24.5. The molecule has 11 heteroatoms. The van der Waals surface area contributed by atoms with Crippen molar-refractivity contribution in [1.82, 2.24) is 20.1 Å². The first-order chi connectivity index (χ1) is 16.3. The van der Waals surface area contributed by atoms with Crippen molar-refractivity contribution in [3.05, 3.63) is 69.8 Å². The van der Waals surface area contributed by atoms with Crippen LogP contribution in [0.4, 0.5) is 15.8 Å². The topological polar surface area (TPSA) is 132 Å². The van der Waals surface area contributed by atoms with Crippen molar-refractivity contribution in [2.24, 2.45) is 0 Å². The Hall–Kier alpha value is -4.15. The minimum atomic E-state index is -0.954. The van der Waals surface area contributed by atoms with Gasteiger partial charge in [0.15, 0.2) is 5.82 Å². The standard InChI is InChI=1S/C23H23FN6O4/c1-14(25-23(32)15-6-5-7-17(12-15)30(33)34)22(31)26-16-9-10-19(24)18(13-16)21-28-27-20-8-3-2-4-11-29(20)21/h5-7,9-10,12-14H,2-4,8,11H2,1H3,(H,25,32)(H,26,31). The number of anilines is 1. The van der Waals surface area contributed by atoms with Crippen molar-refractivity contribution < 1.29 is 18.9 Å². The highest BCUT2D eigenvalue weighted by Crippen LogP contribution is 2.27. The predicted octanol–water partition coefficient (Wildman–Crippen LogP) is 3.48. The lowest BCUT2D eigenvalue weighted by atomic mass is 10.1. The van der Waals surface area contributed by atoms with E-state index in [0.717, 1.165) is 37.6 Å². The molecule has 0 fully saturated rings. The van der Waals surface area contributed by atoms with E-state index in [4.69, 9.17) is 0 Å². The zero-order chi connectivity index (χ0) is 24.2. The van der Waals surface area contributed by atoms with Crippen LogP contribution < -0.4 is 10.6 Å². The molecule has 3 aromatic rings. The Morgan fingerprint density at radius 3 is 2.76 bits per heavy atom. The number of benzene rings is 2. The number of nitrogens with zero attached hydrogens (tertiary/aromatic N) is 4. The van der Waals surface area contributed by atoms with Crippen molar-refractivity contribution >= 4 is 23.2 Å². The first-order valence-corrected chi connectivity index (χ1v) is 10.9. The molecule has 34 heavy (non-hydrogen) atoms. The van der Waals surface area contributed by atoms with Crippen LogP contribution in [0.5, 0.6) is 0 Å². The van der Waals surface area contributed by atoms with Crippen LogP contribution in [0, 0.1) is 15.9 Å². The molecule has 176 valence electrons. The van der Waals surface area contributed by atoms with Gasteiger partial charge in [0.05, 0.1) is 10.5 Å². The Balaban J connectivity index is 1.47. The van der Waals surface area contributed by atoms with Crippen LogP contribution in [-0.2, 0) is 17.8 Å². The van der Waals surface area contributed by atoms with Gasteiger partial charge in [0, 0.05) is 36.3 Å². The van der Waals surface area contributed by atoms with Gasteiger partial charge >= 0.3 is 0 Å². The molecule has 1 atom stereocenters. The predicted molar refractivity (Wildman–Crippen MR) is 122 cm³/mol. The minimum absolute atomic E-state index is 0.0606. The number of nitrogens with one attached hydrogen (secondary N) is 2. The van der Waals surface area contributed by atoms with E-state index in [1.807, 2.05) is 4.57 Å². The molecular weight excluding hydrogens is 443 g/mol. The summed E-state index contributed by atoms with van der Waals surface area (Å²) in [6.07, 6.45) is 3.82. The van der Waals surface area contributed by atoms with E-state index in [-0.39, 0.29) is 16.8 Å². The van der Waals surface area contributed by atoms with Crippen LogP contribution in [-0.4, -0.2) is 37.5 Å². The number of hydrogen-bond donors (Lipinski definition) is 2. The Labute approximate surface area is 194 Å². The second-order valence-electron chi connectivity index (χ2n) is 8.09. The number of amides is 2. The van der Waals surface area contributed by atoms with Gasteiger partial charge < -0.3 is 15.2 Å². The van der Waals surface area contributed by atoms with Crippen LogP contribution in [0.2, 0.25) is 0 Å². The molecule has 1 unspecified atom stereocenters. The highest BCUT2D eigenvalue weighted by atomic mass is 19.1. The van der Waals surface area contributed by atoms with Crippen molar-refractivity contribution in [1.29, 1.82) is 0 Å². The van der Waals surface area contributed by atoms with Crippen LogP contribution in [0.1, 0.15) is 42.4 Å². The average Bonchev–Trinajstić information content (AvgIpc) is 3.07. The van der Waals surface area contributed by atoms with Crippen LogP contribution in [0.15, 0.2) is 42.5 Å². The van der Waals surface area contributed by atoms with Gasteiger partial charge in [-0.3, -0.25) is 19.7 Å². The first-order valence-electron chi connectivity index (χ1n) is 10.9. The molecular formula is C23H23FN6O4. The SMILES string of the molecule is CC(NC(=O)c1cccc([N+](=O)[O-])c1)C(=O)Nc1ccc(F)c(-c2nnc3n2CCCCC3)c1. The first kappa shape index (κ1) is 23.0. The van der Waals surface area contributed by atoms with E-state index in [9.17, 15) is 24.1 Å². The molecule has 1 aromatic heterocycles. The van der Waals surface area contributed by atoms with Crippen LogP contribution >= 0.6 is 0 Å². The Bertz CT molecular complexity index is 1260. The highest BCUT2D eigenvalue weighted by molar-refractivity contribution is 6.01. The fraction of sp³-hybridized carbons (Fsp3) is 0.304. The summed E-state index contributed by atoms with van der Waals surface area (Å²) in [6.45, 7) is 2.18. The molecule has 1 aliphatic heterocycles. The summed E-state index contributed by atoms with van der Waals surface area (Å²) >= 11 is 0. The number of fused-ring (bicyclic) bond motifs is 1. The van der Waals surface area contributed by atoms with E-state index in [2.05, 4.69) is 20.8 Å². The fourth-order valence-corrected chi connectivity index (χ4v) is 3.82. The molecule has 10 nitrogen and oxygen atoms in total. The number of halogens is 1. The molecule has 2 amide bonds. The molecule has 0 radical (unpaired) electrons. The maximum Gasteiger partial charge on any atom is 0.270 e. The summed E-state index contributed by atoms with van der Waals surface area (Å²) in [5.41, 5.74) is 0.399. The number of non-ortho nitro benzene ring substituents is 1. The second kappa shape index (κ2) is 9.77. The molecule has 0 bridgehead atoms. The Morgan fingerprint density at radius 1 is 1.15 bits per heavy atom. The smallest absolute Gasteiger partial charge is 0.270 e. The highest BCUT2D eigenvalue weighted by Gasteiger charge is 2.21. The molecule has 1 aliphatic rings. The molecule has 0 spiro atoms. The third-order valence-electron chi connectivity index (χ3n) is 5.64. The third kappa shape index (κ3) is 4.92. The maximum absolute atomic E-state index is 14.7. The number of carbonyl (C=O) groups is 2. The molecule has 2 aromatic carbocycles. The Kier molecular flexibility index (Phi) is 6.62. The molecule has 0 saturated carbocycles. The van der Waals surface area contributed by atoms with Crippen molar-refractivity contribution in [3.63, 3.8) is 0 Å². The van der Waals surface area contributed by atoms with Gasteiger partial charge in [-0.05, 0) is 44.0 Å². The molecule has 2 heterocycles. The molecule has 4 rings (SSSR count). The zero-order valence-electron chi connectivity index (χ0n) is 18.5. The number of carbonyl (C=O) groups excluding carboxylic acids is 2. The molecule has 0 aliphatic carbocycles. The average molecular weight is 466 g/mol. The van der Waals surface area contributed by atoms with Gasteiger partial charge in [-0.15, -0.1) is 10.2 Å². The van der Waals surface area contributed by atoms with Gasteiger partial charge in [0.2, 0.25) is 5.91 Å². The van der Waals surface area contributed by atoms with E-state index >= 15 is 0 Å². The minimum Gasteiger partial charge on any atom is -0.341 e. The number of aromatic nitrogens is 3. The van der Waals surface area contributed by atoms with E-state index in [1.165, 1.54) is 43.3 Å². The number of aryl methyl sites for hydroxylation is 1. The summed E-state index contributed by atoms with van der Waals surface area (Å²) in [4.78, 5) is 35.4. The monoisotopic (exact) mass is 466 g/mol. The van der Waals surface area contributed by atoms with Crippen molar-refractivity contribution in [2.75, 3.05) is 5.32 Å². The van der Waals surface area contributed by atoms with Gasteiger partial charge in [0.25, 0.3) is 11.6 Å². The zero-order valence-corrected chi connectivity index (χ0v) is 18.5. The van der Waals surface area contributed by atoms with Gasteiger partial charge in [0.1, 0.15) is 17.7 Å². The molecule has 2 N–H and O–H groups in total. The number of nitro groups is 1. The number of rotatable bonds is 6. The lowest BCUT2D eigenvalue weighted by Gasteiger charge is -2.15. The summed E-state index contributed by atoms with van der Waals surface area (Å²) in [7, 11) is 0. The normalized spacial score (nSPS) is 13.9. The van der Waals surface area contributed by atoms with E-state index in [1.54, 1.807) is 0 Å². The number of hydrogen-bond acceptors (Lipinski definition) is 6. The summed E-state index contributed by atoms with van der Waals surface area (Å²) in [5.74, 6) is -0.408. The maximum atomic E-state index is 14.7. The lowest BCUT2D eigenvalue weighted by molar-refractivity contribution is -0.384. The Morgan fingerprint density at radius 2 is 1.97 bits per heavy atom. The largest absolute Gasteiger partial charge is 0.341 e. The van der Waals surface area contributed by atoms with E-state index in [0.29, 0.717) is 18.1 Å². The third-order valence-corrected chi connectivity index (χ3v) is 5.64. The van der Waals surface area contributed by atoms with Gasteiger partial charge in [-0.1, -0.05) is 12.5 Å².